The number of nitrogens with one attached hydrogen (secondary N) is 3. The topological polar surface area (TPSA) is 123 Å². The molecule has 8 nitrogen and oxygen atoms in total. The van der Waals surface area contributed by atoms with E-state index in [9.17, 15) is 14.4 Å². The molecule has 0 aromatic heterocycles. The van der Waals surface area contributed by atoms with Gasteiger partial charge in [0, 0.05) is 34.4 Å². The first-order valence-corrected chi connectivity index (χ1v) is 14.1. The van der Waals surface area contributed by atoms with Gasteiger partial charge in [0.15, 0.2) is 0 Å². The molecule has 2 aliphatic heterocycles. The molecule has 1 fully saturated rings. The van der Waals surface area contributed by atoms with Gasteiger partial charge in [0.05, 0.1) is 23.7 Å². The van der Waals surface area contributed by atoms with Crippen LogP contribution in [-0.2, 0) is 15.0 Å². The second-order valence-electron chi connectivity index (χ2n) is 11.9. The molecule has 5 N–H and O–H groups in total. The number of benzene rings is 3. The quantitative estimate of drug-likeness (QED) is 0.287. The first kappa shape index (κ1) is 29.8. The van der Waals surface area contributed by atoms with E-state index in [2.05, 4.69) is 16.0 Å². The number of carbonyl (C=O) groups excluding carboxylic acids is 3. The van der Waals surface area contributed by atoms with E-state index < -0.39 is 41.0 Å². The van der Waals surface area contributed by atoms with Crippen LogP contribution in [-0.4, -0.2) is 36.9 Å². The van der Waals surface area contributed by atoms with E-state index in [4.69, 9.17) is 33.7 Å². The number of anilines is 2. The third-order valence-electron chi connectivity index (χ3n) is 7.96. The van der Waals surface area contributed by atoms with Crippen LogP contribution in [0.2, 0.25) is 10.0 Å². The molecule has 3 aromatic carbocycles. The third kappa shape index (κ3) is 4.99. The summed E-state index contributed by atoms with van der Waals surface area (Å²) in [6.07, 6.45) is 0.478. The Hall–Kier alpha value is -3.66. The number of fused-ring (bicyclic) bond motifs is 2. The molecule has 2 heterocycles. The number of amides is 3. The van der Waals surface area contributed by atoms with Crippen molar-refractivity contribution >= 4 is 52.3 Å². The lowest BCUT2D eigenvalue weighted by molar-refractivity contribution is -0.122. The van der Waals surface area contributed by atoms with Crippen LogP contribution in [0.3, 0.4) is 0 Å². The highest BCUT2D eigenvalue weighted by atomic mass is 35.5. The van der Waals surface area contributed by atoms with Crippen LogP contribution in [0.5, 0.6) is 5.75 Å². The average Bonchev–Trinajstić information content (AvgIpc) is 3.38. The number of primary amides is 1. The van der Waals surface area contributed by atoms with Crippen LogP contribution in [0.15, 0.2) is 54.6 Å². The minimum Gasteiger partial charge on any atom is -0.496 e. The summed E-state index contributed by atoms with van der Waals surface area (Å²) < 4.78 is 21.2. The highest BCUT2D eigenvalue weighted by Crippen LogP contribution is 2.57. The smallest absolute Gasteiger partial charge is 0.252 e. The van der Waals surface area contributed by atoms with Gasteiger partial charge >= 0.3 is 0 Å². The normalized spacial score (nSPS) is 23.0. The number of rotatable bonds is 6. The van der Waals surface area contributed by atoms with Gasteiger partial charge in [-0.05, 0) is 53.3 Å². The van der Waals surface area contributed by atoms with Gasteiger partial charge in [0.2, 0.25) is 11.8 Å². The molecular weight excluding hydrogens is 582 g/mol. The Balaban J connectivity index is 1.69. The number of hydrogen-bond acceptors (Lipinski definition) is 5. The zero-order valence-corrected chi connectivity index (χ0v) is 25.0. The Morgan fingerprint density at radius 1 is 1.12 bits per heavy atom. The number of ether oxygens (including phenoxy) is 1. The average molecular weight is 614 g/mol. The first-order chi connectivity index (χ1) is 19.8. The minimum atomic E-state index is -1.38. The third-order valence-corrected chi connectivity index (χ3v) is 8.48. The van der Waals surface area contributed by atoms with Gasteiger partial charge in [0.1, 0.15) is 17.0 Å². The standard InChI is InChI=1S/C31H31Cl2FN4O4/c1-30(2,3)14-23-31(19-11-8-15(32)12-21(19)37-29(31)41)24(18-6-5-7-20(33)25(18)34)26(38-23)28(40)36-16-9-10-17(27(35)39)22(13-16)42-4/h5-13,23-24,26,38H,14H2,1-4H3,(H2,35,39)(H,36,40)(H,37,41)/t23-,24-,26+,31+/m0/s1. The monoisotopic (exact) mass is 612 g/mol. The van der Waals surface area contributed by atoms with Crippen molar-refractivity contribution in [1.82, 2.24) is 5.32 Å². The number of hydrogen-bond donors (Lipinski definition) is 4. The van der Waals surface area contributed by atoms with Crippen molar-refractivity contribution in [1.29, 1.82) is 0 Å². The van der Waals surface area contributed by atoms with E-state index in [-0.39, 0.29) is 33.2 Å². The maximum absolute atomic E-state index is 15.9. The van der Waals surface area contributed by atoms with Gasteiger partial charge in [-0.1, -0.05) is 62.2 Å². The van der Waals surface area contributed by atoms with Crippen LogP contribution in [0, 0.1) is 11.2 Å². The Morgan fingerprint density at radius 3 is 2.52 bits per heavy atom. The van der Waals surface area contributed by atoms with Gasteiger partial charge in [-0.15, -0.1) is 0 Å². The van der Waals surface area contributed by atoms with Crippen molar-refractivity contribution in [3.05, 3.63) is 87.2 Å². The molecule has 42 heavy (non-hydrogen) atoms. The maximum Gasteiger partial charge on any atom is 0.252 e. The zero-order valence-electron chi connectivity index (χ0n) is 23.5. The van der Waals surface area contributed by atoms with E-state index in [1.165, 1.54) is 31.4 Å². The number of halogens is 3. The fraction of sp³-hybridized carbons (Fsp3) is 0.323. The van der Waals surface area contributed by atoms with Gasteiger partial charge in [-0.25, -0.2) is 4.39 Å². The number of methoxy groups -OCH3 is 1. The summed E-state index contributed by atoms with van der Waals surface area (Å²) in [5.41, 5.74) is 5.50. The van der Waals surface area contributed by atoms with E-state index in [0.717, 1.165) is 0 Å². The predicted molar refractivity (Wildman–Crippen MR) is 161 cm³/mol. The van der Waals surface area contributed by atoms with Crippen molar-refractivity contribution in [2.45, 2.75) is 50.6 Å². The van der Waals surface area contributed by atoms with Crippen molar-refractivity contribution < 1.29 is 23.5 Å². The molecule has 0 radical (unpaired) electrons. The summed E-state index contributed by atoms with van der Waals surface area (Å²) in [7, 11) is 1.38. The molecule has 0 aliphatic carbocycles. The van der Waals surface area contributed by atoms with Crippen LogP contribution >= 0.6 is 23.2 Å². The molecule has 4 atom stereocenters. The summed E-state index contributed by atoms with van der Waals surface area (Å²) >= 11 is 12.5. The second kappa shape index (κ2) is 10.9. The summed E-state index contributed by atoms with van der Waals surface area (Å²) in [5.74, 6) is -3.09. The van der Waals surface area contributed by atoms with Crippen LogP contribution in [0.4, 0.5) is 15.8 Å². The molecule has 2 aliphatic rings. The van der Waals surface area contributed by atoms with Gasteiger partial charge in [-0.3, -0.25) is 14.4 Å². The van der Waals surface area contributed by atoms with Crippen molar-refractivity contribution in [2.75, 3.05) is 17.7 Å². The molecule has 3 amide bonds. The molecule has 0 bridgehead atoms. The highest BCUT2D eigenvalue weighted by Gasteiger charge is 2.66. The molecule has 220 valence electrons. The fourth-order valence-corrected chi connectivity index (χ4v) is 6.70. The van der Waals surface area contributed by atoms with Crippen molar-refractivity contribution in [2.24, 2.45) is 11.1 Å². The summed E-state index contributed by atoms with van der Waals surface area (Å²) in [6, 6.07) is 12.5. The molecule has 1 spiro atoms. The predicted octanol–water partition coefficient (Wildman–Crippen LogP) is 5.63. The molecule has 3 aromatic rings. The molecule has 1 saturated heterocycles. The van der Waals surface area contributed by atoms with E-state index in [0.29, 0.717) is 28.4 Å². The lowest BCUT2D eigenvalue weighted by atomic mass is 9.62. The van der Waals surface area contributed by atoms with Crippen LogP contribution in [0.1, 0.15) is 54.6 Å². The number of carbonyl (C=O) groups is 3. The van der Waals surface area contributed by atoms with E-state index in [1.54, 1.807) is 30.3 Å². The fourth-order valence-electron chi connectivity index (χ4n) is 6.34. The van der Waals surface area contributed by atoms with Crippen molar-refractivity contribution in [3.8, 4) is 5.75 Å². The van der Waals surface area contributed by atoms with Gasteiger partial charge in [-0.2, -0.15) is 0 Å². The van der Waals surface area contributed by atoms with Crippen molar-refractivity contribution in [3.63, 3.8) is 0 Å². The minimum absolute atomic E-state index is 0.123. The molecule has 5 rings (SSSR count). The maximum atomic E-state index is 15.9. The van der Waals surface area contributed by atoms with E-state index >= 15 is 4.39 Å². The highest BCUT2D eigenvalue weighted by molar-refractivity contribution is 6.31. The van der Waals surface area contributed by atoms with Gasteiger partial charge < -0.3 is 26.4 Å². The second-order valence-corrected chi connectivity index (χ2v) is 12.7. The summed E-state index contributed by atoms with van der Waals surface area (Å²) in [4.78, 5) is 40.1. The zero-order chi connectivity index (χ0) is 30.6. The molecule has 0 unspecified atom stereocenters. The Kier molecular flexibility index (Phi) is 7.72. The van der Waals surface area contributed by atoms with Gasteiger partial charge in [0.25, 0.3) is 5.91 Å². The summed E-state index contributed by atoms with van der Waals surface area (Å²) in [5, 5.41) is 9.53. The molecular formula is C31H31Cl2FN4O4. The van der Waals surface area contributed by atoms with E-state index in [1.807, 2.05) is 20.8 Å². The molecule has 0 saturated carbocycles. The first-order valence-electron chi connectivity index (χ1n) is 13.4. The van der Waals surface area contributed by atoms with Crippen LogP contribution in [0.25, 0.3) is 0 Å². The lowest BCUT2D eigenvalue weighted by Gasteiger charge is -2.37. The Bertz CT molecular complexity index is 1610. The number of nitrogens with two attached hydrogens (primary N) is 1. The Labute approximate surface area is 253 Å². The summed E-state index contributed by atoms with van der Waals surface area (Å²) in [6.45, 7) is 6.10. The Morgan fingerprint density at radius 2 is 1.86 bits per heavy atom. The largest absolute Gasteiger partial charge is 0.496 e. The lowest BCUT2D eigenvalue weighted by Crippen LogP contribution is -2.49. The molecule has 11 heteroatoms. The van der Waals surface area contributed by atoms with Crippen LogP contribution < -0.4 is 26.4 Å². The SMILES string of the molecule is COc1cc(NC(=O)[C@@H]2N[C@@H](CC(C)(C)C)[C@@]3(C(=O)Nc4cc(Cl)ccc43)[C@H]2c2cccc(Cl)c2F)ccc1C(N)=O.